The average Bonchev–Trinajstić information content (AvgIpc) is 2.62. The molecule has 2 fully saturated rings. The molecule has 148 valence electrons. The molecule has 0 radical (unpaired) electrons. The molecule has 2 unspecified atom stereocenters. The monoisotopic (exact) mass is 388 g/mol. The van der Waals surface area contributed by atoms with Crippen molar-refractivity contribution in [2.45, 2.75) is 51.8 Å². The quantitative estimate of drug-likeness (QED) is 0.840. The van der Waals surface area contributed by atoms with Gasteiger partial charge in [-0.1, -0.05) is 13.0 Å². The summed E-state index contributed by atoms with van der Waals surface area (Å²) in [5, 5.41) is 2.95. The number of carbonyl (C=O) groups excluding carboxylic acids is 1. The van der Waals surface area contributed by atoms with Gasteiger partial charge in [0.2, 0.25) is 5.88 Å². The van der Waals surface area contributed by atoms with E-state index in [4.69, 9.17) is 0 Å². The summed E-state index contributed by atoms with van der Waals surface area (Å²) in [6, 6.07) is 7.24. The largest absolute Gasteiger partial charge is 0.417 e. The van der Waals surface area contributed by atoms with Crippen molar-refractivity contribution in [1.29, 1.82) is 0 Å². The number of aryl methyl sites for hydroxylation is 1. The number of alkyl halides is 2. The Balaban J connectivity index is 1.52. The van der Waals surface area contributed by atoms with Crippen molar-refractivity contribution >= 4 is 11.7 Å². The first-order valence-electron chi connectivity index (χ1n) is 9.39. The van der Waals surface area contributed by atoms with Crippen LogP contribution >= 0.6 is 0 Å². The van der Waals surface area contributed by atoms with E-state index in [1.54, 1.807) is 6.07 Å². The van der Waals surface area contributed by atoms with Gasteiger partial charge >= 0.3 is 12.6 Å². The van der Waals surface area contributed by atoms with Crippen LogP contribution in [-0.4, -0.2) is 39.6 Å². The lowest BCUT2D eigenvalue weighted by atomic mass is 9.74. The molecule has 0 aliphatic carbocycles. The number of nitrogens with one attached hydrogen (secondary N) is 1. The number of hydrogen-bond acceptors (Lipinski definition) is 4. The lowest BCUT2D eigenvalue weighted by molar-refractivity contribution is -0.0528. The molecule has 2 saturated heterocycles. The molecule has 1 aromatic heterocycles. The van der Waals surface area contributed by atoms with Gasteiger partial charge in [-0.3, -0.25) is 0 Å². The third-order valence-corrected chi connectivity index (χ3v) is 5.48. The van der Waals surface area contributed by atoms with Gasteiger partial charge in [-0.2, -0.15) is 13.8 Å². The summed E-state index contributed by atoms with van der Waals surface area (Å²) in [4.78, 5) is 22.8. The fraction of sp³-hybridized carbons (Fsp3) is 0.450. The van der Waals surface area contributed by atoms with Crippen LogP contribution in [0, 0.1) is 12.8 Å². The number of aromatic nitrogens is 2. The molecule has 8 heteroatoms. The second-order valence-corrected chi connectivity index (χ2v) is 7.58. The number of ether oxygens (including phenoxy) is 1. The summed E-state index contributed by atoms with van der Waals surface area (Å²) < 4.78 is 29.2. The molecule has 0 saturated carbocycles. The molecule has 2 bridgehead atoms. The number of anilines is 1. The number of halogens is 2. The number of urea groups is 1. The van der Waals surface area contributed by atoms with Gasteiger partial charge in [-0.25, -0.2) is 9.78 Å². The van der Waals surface area contributed by atoms with Crippen molar-refractivity contribution in [2.24, 2.45) is 5.92 Å². The second kappa shape index (κ2) is 7.33. The first-order valence-corrected chi connectivity index (χ1v) is 9.39. The molecule has 1 aromatic carbocycles. The standard InChI is InChI=1S/C20H22F2N4O2/c1-11-7-14-10-15(8-11)26(14)20(27)24-13-4-3-12(2)16(9-13)18-23-6-5-17(25-18)28-19(21)22/h3-6,9,11,14-15,19H,7-8,10H2,1-2H3,(H,24,27)/t11?,14-,15?/m0/s1. The average molecular weight is 388 g/mol. The van der Waals surface area contributed by atoms with Crippen molar-refractivity contribution in [3.63, 3.8) is 0 Å². The van der Waals surface area contributed by atoms with Gasteiger partial charge in [0.15, 0.2) is 5.82 Å². The Morgan fingerprint density at radius 1 is 1.25 bits per heavy atom. The van der Waals surface area contributed by atoms with Gasteiger partial charge < -0.3 is 15.0 Å². The lowest BCUT2D eigenvalue weighted by Gasteiger charge is -2.54. The Morgan fingerprint density at radius 2 is 2.00 bits per heavy atom. The fourth-order valence-electron chi connectivity index (χ4n) is 4.24. The number of piperidine rings is 1. The maximum absolute atomic E-state index is 12.7. The van der Waals surface area contributed by atoms with Crippen LogP contribution in [-0.2, 0) is 0 Å². The molecule has 2 aliphatic rings. The van der Waals surface area contributed by atoms with E-state index in [0.717, 1.165) is 24.8 Å². The highest BCUT2D eigenvalue weighted by atomic mass is 19.3. The van der Waals surface area contributed by atoms with Gasteiger partial charge in [-0.05, 0) is 49.8 Å². The van der Waals surface area contributed by atoms with Gasteiger partial charge in [0.25, 0.3) is 0 Å². The van der Waals surface area contributed by atoms with Crippen molar-refractivity contribution in [1.82, 2.24) is 14.9 Å². The van der Waals surface area contributed by atoms with Gasteiger partial charge in [0.1, 0.15) is 0 Å². The Hall–Kier alpha value is -2.77. The van der Waals surface area contributed by atoms with E-state index in [1.165, 1.54) is 12.3 Å². The van der Waals surface area contributed by atoms with E-state index < -0.39 is 6.61 Å². The highest BCUT2D eigenvalue weighted by Crippen LogP contribution is 2.41. The molecule has 6 nitrogen and oxygen atoms in total. The summed E-state index contributed by atoms with van der Waals surface area (Å²) >= 11 is 0. The molecule has 4 rings (SSSR count). The predicted molar refractivity (Wildman–Crippen MR) is 100 cm³/mol. The molecular formula is C20H22F2N4O2. The first kappa shape index (κ1) is 18.6. The molecule has 1 N–H and O–H groups in total. The number of nitrogens with zero attached hydrogens (tertiary/aromatic N) is 3. The highest BCUT2D eigenvalue weighted by Gasteiger charge is 2.46. The smallest absolute Gasteiger partial charge is 0.388 e. The zero-order valence-electron chi connectivity index (χ0n) is 15.7. The summed E-state index contributed by atoms with van der Waals surface area (Å²) in [5.74, 6) is 0.733. The predicted octanol–water partition coefficient (Wildman–Crippen LogP) is 4.46. The minimum absolute atomic E-state index is 0.0985. The summed E-state index contributed by atoms with van der Waals surface area (Å²) in [5.41, 5.74) is 2.13. The van der Waals surface area contributed by atoms with Crippen molar-refractivity contribution in [3.05, 3.63) is 36.0 Å². The van der Waals surface area contributed by atoms with Crippen LogP contribution in [0.3, 0.4) is 0 Å². The maximum Gasteiger partial charge on any atom is 0.388 e. The van der Waals surface area contributed by atoms with Gasteiger partial charge in [-0.15, -0.1) is 0 Å². The highest BCUT2D eigenvalue weighted by molar-refractivity contribution is 5.91. The normalized spacial score (nSPS) is 23.3. The topological polar surface area (TPSA) is 67.4 Å². The van der Waals surface area contributed by atoms with Crippen LogP contribution in [0.15, 0.2) is 30.5 Å². The Labute approximate surface area is 161 Å². The van der Waals surface area contributed by atoms with Crippen LogP contribution in [0.4, 0.5) is 19.3 Å². The number of benzene rings is 1. The summed E-state index contributed by atoms with van der Waals surface area (Å²) in [7, 11) is 0. The van der Waals surface area contributed by atoms with Crippen LogP contribution < -0.4 is 10.1 Å². The van der Waals surface area contributed by atoms with Crippen LogP contribution in [0.5, 0.6) is 5.88 Å². The molecule has 0 spiro atoms. The number of rotatable bonds is 4. The van der Waals surface area contributed by atoms with E-state index in [1.807, 2.05) is 24.0 Å². The lowest BCUT2D eigenvalue weighted by Crippen LogP contribution is -2.63. The zero-order valence-corrected chi connectivity index (χ0v) is 15.7. The van der Waals surface area contributed by atoms with E-state index in [0.29, 0.717) is 29.3 Å². The molecule has 2 aliphatic heterocycles. The number of hydrogen-bond donors (Lipinski definition) is 1. The van der Waals surface area contributed by atoms with Crippen molar-refractivity contribution in [2.75, 3.05) is 5.32 Å². The van der Waals surface area contributed by atoms with Crippen molar-refractivity contribution in [3.8, 4) is 17.3 Å². The van der Waals surface area contributed by atoms with Gasteiger partial charge in [0, 0.05) is 35.6 Å². The van der Waals surface area contributed by atoms with Gasteiger partial charge in [0.05, 0.1) is 0 Å². The Kier molecular flexibility index (Phi) is 4.87. The van der Waals surface area contributed by atoms with Crippen LogP contribution in [0.2, 0.25) is 0 Å². The van der Waals surface area contributed by atoms with Crippen molar-refractivity contribution < 1.29 is 18.3 Å². The number of carbonyl (C=O) groups is 1. The summed E-state index contributed by atoms with van der Waals surface area (Å²) in [6.07, 6.45) is 4.55. The molecule has 3 atom stereocenters. The molecule has 28 heavy (non-hydrogen) atoms. The third-order valence-electron chi connectivity index (χ3n) is 5.48. The van der Waals surface area contributed by atoms with E-state index >= 15 is 0 Å². The van der Waals surface area contributed by atoms with E-state index in [9.17, 15) is 13.6 Å². The fourth-order valence-corrected chi connectivity index (χ4v) is 4.24. The molecular weight excluding hydrogens is 366 g/mol. The number of fused-ring (bicyclic) bond motifs is 2. The first-order chi connectivity index (χ1) is 13.4. The minimum Gasteiger partial charge on any atom is -0.417 e. The van der Waals surface area contributed by atoms with Crippen LogP contribution in [0.25, 0.3) is 11.4 Å². The SMILES string of the molecule is Cc1ccc(NC(=O)N2C3CC(C)C[C@H]2C3)cc1-c1nccc(OC(F)F)n1. The third kappa shape index (κ3) is 3.63. The van der Waals surface area contributed by atoms with E-state index in [-0.39, 0.29) is 17.7 Å². The minimum atomic E-state index is -2.95. The maximum atomic E-state index is 12.7. The Bertz CT molecular complexity index is 880. The Morgan fingerprint density at radius 3 is 2.71 bits per heavy atom. The molecule has 2 amide bonds. The number of amides is 2. The second-order valence-electron chi connectivity index (χ2n) is 7.58. The van der Waals surface area contributed by atoms with Crippen LogP contribution in [0.1, 0.15) is 31.7 Å². The zero-order chi connectivity index (χ0) is 19.8. The molecule has 3 heterocycles. The van der Waals surface area contributed by atoms with E-state index in [2.05, 4.69) is 26.9 Å². The summed E-state index contributed by atoms with van der Waals surface area (Å²) in [6.45, 7) is 1.15. The molecule has 2 aromatic rings.